The van der Waals surface area contributed by atoms with Crippen LogP contribution < -0.4 is 10.1 Å². The third-order valence-electron chi connectivity index (χ3n) is 2.95. The molecule has 0 saturated carbocycles. The molecule has 1 fully saturated rings. The van der Waals surface area contributed by atoms with E-state index in [0.29, 0.717) is 37.1 Å². The average molecular weight is 301 g/mol. The molecule has 0 aliphatic carbocycles. The Morgan fingerprint density at radius 3 is 2.90 bits per heavy atom. The number of nitrogens with one attached hydrogen (secondary N) is 1. The van der Waals surface area contributed by atoms with Gasteiger partial charge in [-0.05, 0) is 6.92 Å². The first-order valence-corrected chi connectivity index (χ1v) is 6.69. The van der Waals surface area contributed by atoms with Gasteiger partial charge in [0.25, 0.3) is 0 Å². The van der Waals surface area contributed by atoms with Crippen LogP contribution >= 0.6 is 11.6 Å². The Morgan fingerprint density at radius 2 is 2.25 bits per heavy atom. The number of anilines is 1. The Hall–Kier alpha value is -1.60. The van der Waals surface area contributed by atoms with E-state index in [1.165, 1.54) is 13.3 Å². The Bertz CT molecular complexity index is 480. The van der Waals surface area contributed by atoms with Crippen molar-refractivity contribution in [3.8, 4) is 6.01 Å². The third kappa shape index (κ3) is 3.49. The van der Waals surface area contributed by atoms with E-state index < -0.39 is 6.04 Å². The van der Waals surface area contributed by atoms with Crippen molar-refractivity contribution in [2.24, 2.45) is 0 Å². The molecule has 1 atom stereocenters. The molecular weight excluding hydrogens is 284 g/mol. The molecule has 2 rings (SSSR count). The van der Waals surface area contributed by atoms with E-state index >= 15 is 0 Å². The molecule has 110 valence electrons. The minimum atomic E-state index is -0.440. The molecule has 0 spiro atoms. The van der Waals surface area contributed by atoms with Gasteiger partial charge in [0.2, 0.25) is 5.91 Å². The fourth-order valence-electron chi connectivity index (χ4n) is 1.87. The van der Waals surface area contributed by atoms with Crippen LogP contribution in [0, 0.1) is 0 Å². The number of carbonyl (C=O) groups excluding carboxylic acids is 1. The lowest BCUT2D eigenvalue weighted by molar-refractivity contribution is -0.135. The van der Waals surface area contributed by atoms with E-state index in [0.717, 1.165) is 0 Å². The normalized spacial score (nSPS) is 16.6. The molecule has 7 nitrogen and oxygen atoms in total. The third-order valence-corrected chi connectivity index (χ3v) is 3.23. The van der Waals surface area contributed by atoms with Crippen molar-refractivity contribution >= 4 is 23.3 Å². The Morgan fingerprint density at radius 1 is 1.55 bits per heavy atom. The predicted molar refractivity (Wildman–Crippen MR) is 74.1 cm³/mol. The number of amides is 1. The highest BCUT2D eigenvalue weighted by Gasteiger charge is 2.23. The predicted octanol–water partition coefficient (Wildman–Crippen LogP) is 0.798. The molecule has 0 unspecified atom stereocenters. The van der Waals surface area contributed by atoms with Gasteiger partial charge in [0, 0.05) is 13.1 Å². The largest absolute Gasteiger partial charge is 0.467 e. The maximum atomic E-state index is 12.3. The van der Waals surface area contributed by atoms with E-state index in [4.69, 9.17) is 21.1 Å². The second-order valence-electron chi connectivity index (χ2n) is 4.36. The summed E-state index contributed by atoms with van der Waals surface area (Å²) in [5, 5.41) is 3.33. The summed E-state index contributed by atoms with van der Waals surface area (Å²) < 4.78 is 10.2. The summed E-state index contributed by atoms with van der Waals surface area (Å²) in [5.74, 6) is 0.370. The first-order chi connectivity index (χ1) is 9.61. The first-order valence-electron chi connectivity index (χ1n) is 6.31. The van der Waals surface area contributed by atoms with Crippen LogP contribution in [0.2, 0.25) is 5.02 Å². The Kier molecular flexibility index (Phi) is 4.97. The summed E-state index contributed by atoms with van der Waals surface area (Å²) in [7, 11) is 1.47. The highest BCUT2D eigenvalue weighted by molar-refractivity contribution is 6.32. The summed E-state index contributed by atoms with van der Waals surface area (Å²) >= 11 is 6.00. The number of hydrogen-bond acceptors (Lipinski definition) is 6. The van der Waals surface area contributed by atoms with Gasteiger partial charge < -0.3 is 19.7 Å². The number of nitrogens with zero attached hydrogens (tertiary/aromatic N) is 3. The molecule has 0 aromatic carbocycles. The molecule has 0 radical (unpaired) electrons. The zero-order valence-electron chi connectivity index (χ0n) is 11.4. The van der Waals surface area contributed by atoms with Gasteiger partial charge in [0.05, 0.1) is 26.5 Å². The number of aromatic nitrogens is 2. The fraction of sp³-hybridized carbons (Fsp3) is 0.583. The van der Waals surface area contributed by atoms with Crippen LogP contribution in [0.3, 0.4) is 0 Å². The molecule has 2 heterocycles. The molecule has 1 aliphatic rings. The van der Waals surface area contributed by atoms with Gasteiger partial charge in [-0.15, -0.1) is 0 Å². The van der Waals surface area contributed by atoms with E-state index in [1.54, 1.807) is 11.8 Å². The number of methoxy groups -OCH3 is 1. The van der Waals surface area contributed by atoms with Crippen molar-refractivity contribution in [1.29, 1.82) is 0 Å². The lowest BCUT2D eigenvalue weighted by Crippen LogP contribution is -2.47. The van der Waals surface area contributed by atoms with Crippen LogP contribution in [-0.2, 0) is 9.53 Å². The summed E-state index contributed by atoms with van der Waals surface area (Å²) in [6.07, 6.45) is 1.43. The Balaban J connectivity index is 2.03. The van der Waals surface area contributed by atoms with Gasteiger partial charge in [-0.2, -0.15) is 4.98 Å². The second kappa shape index (κ2) is 6.71. The second-order valence-corrected chi connectivity index (χ2v) is 4.76. The topological polar surface area (TPSA) is 76.6 Å². The van der Waals surface area contributed by atoms with Crippen LogP contribution in [0.1, 0.15) is 6.92 Å². The van der Waals surface area contributed by atoms with E-state index in [9.17, 15) is 4.79 Å². The molecule has 0 bridgehead atoms. The summed E-state index contributed by atoms with van der Waals surface area (Å²) in [5.41, 5.74) is 0. The highest BCUT2D eigenvalue weighted by Crippen LogP contribution is 2.21. The average Bonchev–Trinajstić information content (AvgIpc) is 2.49. The number of carbonyl (C=O) groups is 1. The Labute approximate surface area is 122 Å². The van der Waals surface area contributed by atoms with Crippen molar-refractivity contribution in [2.45, 2.75) is 13.0 Å². The van der Waals surface area contributed by atoms with Gasteiger partial charge in [-0.25, -0.2) is 4.98 Å². The number of morpholine rings is 1. The molecule has 1 N–H and O–H groups in total. The van der Waals surface area contributed by atoms with Crippen LogP contribution in [0.4, 0.5) is 5.82 Å². The van der Waals surface area contributed by atoms with Crippen molar-refractivity contribution in [2.75, 3.05) is 38.7 Å². The van der Waals surface area contributed by atoms with E-state index in [2.05, 4.69) is 15.3 Å². The maximum Gasteiger partial charge on any atom is 0.318 e. The monoisotopic (exact) mass is 300 g/mol. The van der Waals surface area contributed by atoms with Gasteiger partial charge in [-0.3, -0.25) is 4.79 Å². The number of ether oxygens (including phenoxy) is 2. The van der Waals surface area contributed by atoms with Crippen LogP contribution in [-0.4, -0.2) is 60.2 Å². The smallest absolute Gasteiger partial charge is 0.318 e. The molecule has 1 amide bonds. The zero-order valence-corrected chi connectivity index (χ0v) is 12.2. The number of rotatable bonds is 4. The van der Waals surface area contributed by atoms with Crippen molar-refractivity contribution in [1.82, 2.24) is 14.9 Å². The van der Waals surface area contributed by atoms with Gasteiger partial charge in [-0.1, -0.05) is 11.6 Å². The SMILES string of the molecule is COc1ncc(Cl)c(N[C@H](C)C(=O)N2CCOCC2)n1. The van der Waals surface area contributed by atoms with E-state index in [1.807, 2.05) is 0 Å². The number of halogens is 1. The van der Waals surface area contributed by atoms with Crippen LogP contribution in [0.5, 0.6) is 6.01 Å². The van der Waals surface area contributed by atoms with Crippen molar-refractivity contribution in [3.63, 3.8) is 0 Å². The van der Waals surface area contributed by atoms with Gasteiger partial charge >= 0.3 is 6.01 Å². The lowest BCUT2D eigenvalue weighted by Gasteiger charge is -2.29. The van der Waals surface area contributed by atoms with Crippen molar-refractivity contribution in [3.05, 3.63) is 11.2 Å². The molecule has 1 aromatic rings. The lowest BCUT2D eigenvalue weighted by atomic mass is 10.2. The standard InChI is InChI=1S/C12H17ClN4O3/c1-8(11(18)17-3-5-20-6-4-17)15-10-9(13)7-14-12(16-10)19-2/h7-8H,3-6H2,1-2H3,(H,14,15,16)/t8-/m1/s1. The molecule has 1 aromatic heterocycles. The van der Waals surface area contributed by atoms with Gasteiger partial charge in [0.1, 0.15) is 11.1 Å². The van der Waals surface area contributed by atoms with Crippen LogP contribution in [0.15, 0.2) is 6.20 Å². The highest BCUT2D eigenvalue weighted by atomic mass is 35.5. The molecule has 20 heavy (non-hydrogen) atoms. The quantitative estimate of drug-likeness (QED) is 0.886. The minimum Gasteiger partial charge on any atom is -0.467 e. The first kappa shape index (κ1) is 14.8. The molecular formula is C12H17ClN4O3. The molecule has 8 heteroatoms. The molecule has 1 saturated heterocycles. The van der Waals surface area contributed by atoms with Gasteiger partial charge in [0.15, 0.2) is 5.82 Å². The van der Waals surface area contributed by atoms with E-state index in [-0.39, 0.29) is 11.9 Å². The fourth-order valence-corrected chi connectivity index (χ4v) is 2.02. The number of hydrogen-bond donors (Lipinski definition) is 1. The summed E-state index contributed by atoms with van der Waals surface area (Å²) in [6, 6.07) is -0.242. The van der Waals surface area contributed by atoms with Crippen molar-refractivity contribution < 1.29 is 14.3 Å². The zero-order chi connectivity index (χ0) is 14.5. The molecule has 1 aliphatic heterocycles. The summed E-state index contributed by atoms with van der Waals surface area (Å²) in [4.78, 5) is 22.0. The summed E-state index contributed by atoms with van der Waals surface area (Å²) in [6.45, 7) is 4.11. The van der Waals surface area contributed by atoms with Crippen LogP contribution in [0.25, 0.3) is 0 Å². The maximum absolute atomic E-state index is 12.3. The minimum absolute atomic E-state index is 0.0121.